The van der Waals surface area contributed by atoms with Gasteiger partial charge in [0.2, 0.25) is 0 Å². The smallest absolute Gasteiger partial charge is 0.374 e. The van der Waals surface area contributed by atoms with E-state index in [1.807, 2.05) is 30.3 Å². The van der Waals surface area contributed by atoms with Gasteiger partial charge in [0.1, 0.15) is 18.3 Å². The molecule has 0 aromatic heterocycles. The van der Waals surface area contributed by atoms with Crippen LogP contribution in [0.1, 0.15) is 19.4 Å². The molecule has 1 aromatic carbocycles. The van der Waals surface area contributed by atoms with Gasteiger partial charge in [0.05, 0.1) is 6.54 Å². The molecule has 3 aliphatic rings. The minimum Gasteiger partial charge on any atom is -0.374 e. The zero-order valence-electron chi connectivity index (χ0n) is 14.8. The third-order valence-corrected chi connectivity index (χ3v) is 4.79. The molecule has 0 spiro atoms. The summed E-state index contributed by atoms with van der Waals surface area (Å²) < 4.78 is 27.9. The number of esters is 1. The quantitative estimate of drug-likeness (QED) is 0.591. The summed E-state index contributed by atoms with van der Waals surface area (Å²) in [5.74, 6) is -1.48. The normalized spacial score (nSPS) is 35.7. The van der Waals surface area contributed by atoms with E-state index in [1.165, 1.54) is 12.0 Å². The van der Waals surface area contributed by atoms with Gasteiger partial charge in [-0.05, 0) is 19.4 Å². The maximum absolute atomic E-state index is 12.4. The average molecular weight is 363 g/mol. The van der Waals surface area contributed by atoms with Crippen LogP contribution in [-0.4, -0.2) is 60.5 Å². The van der Waals surface area contributed by atoms with E-state index in [-0.39, 0.29) is 6.54 Å². The molecule has 1 amide bonds. The first-order chi connectivity index (χ1) is 12.4. The predicted octanol–water partition coefficient (Wildman–Crippen LogP) is 1.43. The number of methoxy groups -OCH3 is 1. The Morgan fingerprint density at radius 1 is 1.08 bits per heavy atom. The fourth-order valence-corrected chi connectivity index (χ4v) is 3.74. The molecule has 0 aliphatic carbocycles. The van der Waals surface area contributed by atoms with Gasteiger partial charge < -0.3 is 23.7 Å². The van der Waals surface area contributed by atoms with E-state index in [4.69, 9.17) is 23.7 Å². The number of fused-ring (bicyclic) bond motifs is 1. The molecule has 8 heteroatoms. The van der Waals surface area contributed by atoms with Gasteiger partial charge in [-0.1, -0.05) is 30.3 Å². The van der Waals surface area contributed by atoms with Crippen molar-refractivity contribution in [3.8, 4) is 0 Å². The first kappa shape index (κ1) is 17.4. The van der Waals surface area contributed by atoms with E-state index in [1.54, 1.807) is 13.8 Å². The number of carbonyl (C=O) groups is 2. The molecule has 1 aromatic rings. The number of hydrogen-bond acceptors (Lipinski definition) is 7. The van der Waals surface area contributed by atoms with Crippen LogP contribution in [0.5, 0.6) is 0 Å². The number of rotatable bonds is 4. The molecule has 26 heavy (non-hydrogen) atoms. The average Bonchev–Trinajstić information content (AvgIpc) is 3.17. The number of nitrogens with zero attached hydrogens (tertiary/aromatic N) is 1. The van der Waals surface area contributed by atoms with E-state index in [2.05, 4.69) is 0 Å². The Morgan fingerprint density at radius 2 is 1.77 bits per heavy atom. The lowest BCUT2D eigenvalue weighted by atomic mass is 10.0. The lowest BCUT2D eigenvalue weighted by molar-refractivity contribution is -0.231. The van der Waals surface area contributed by atoms with Crippen LogP contribution in [0, 0.1) is 0 Å². The number of cyclic esters (lactones) is 2. The summed E-state index contributed by atoms with van der Waals surface area (Å²) in [6.45, 7) is 3.80. The van der Waals surface area contributed by atoms with Gasteiger partial charge >= 0.3 is 12.1 Å². The molecule has 0 unspecified atom stereocenters. The molecule has 3 aliphatic heterocycles. The number of amides is 1. The molecular formula is C18H21NO7. The van der Waals surface area contributed by atoms with Crippen LogP contribution in [0.3, 0.4) is 0 Å². The lowest BCUT2D eigenvalue weighted by Crippen LogP contribution is -2.49. The van der Waals surface area contributed by atoms with Crippen LogP contribution in [0.4, 0.5) is 4.79 Å². The Morgan fingerprint density at radius 3 is 2.46 bits per heavy atom. The Bertz CT molecular complexity index is 707. The fraction of sp³-hybridized carbons (Fsp3) is 0.556. The Kier molecular flexibility index (Phi) is 4.23. The molecule has 0 N–H and O–H groups in total. The van der Waals surface area contributed by atoms with Crippen molar-refractivity contribution in [1.29, 1.82) is 0 Å². The molecule has 3 heterocycles. The zero-order valence-corrected chi connectivity index (χ0v) is 14.8. The summed E-state index contributed by atoms with van der Waals surface area (Å²) in [6, 6.07) is 8.45. The summed E-state index contributed by atoms with van der Waals surface area (Å²) in [6.07, 6.45) is -3.15. The van der Waals surface area contributed by atoms with Crippen LogP contribution in [-0.2, 0) is 35.0 Å². The summed E-state index contributed by atoms with van der Waals surface area (Å²) in [4.78, 5) is 26.0. The maximum Gasteiger partial charge on any atom is 0.418 e. The highest BCUT2D eigenvalue weighted by atomic mass is 16.8. The van der Waals surface area contributed by atoms with Crippen molar-refractivity contribution in [2.45, 2.75) is 56.8 Å². The Labute approximate surface area is 150 Å². The largest absolute Gasteiger partial charge is 0.418 e. The van der Waals surface area contributed by atoms with Crippen molar-refractivity contribution in [2.24, 2.45) is 0 Å². The lowest BCUT2D eigenvalue weighted by Gasteiger charge is -2.28. The van der Waals surface area contributed by atoms with Crippen molar-refractivity contribution in [3.63, 3.8) is 0 Å². The van der Waals surface area contributed by atoms with Crippen molar-refractivity contribution in [1.82, 2.24) is 4.90 Å². The highest BCUT2D eigenvalue weighted by molar-refractivity contribution is 5.96. The zero-order chi connectivity index (χ0) is 18.5. The van der Waals surface area contributed by atoms with Crippen molar-refractivity contribution in [3.05, 3.63) is 35.9 Å². The van der Waals surface area contributed by atoms with Crippen LogP contribution in [0.15, 0.2) is 30.3 Å². The molecule has 3 fully saturated rings. The summed E-state index contributed by atoms with van der Waals surface area (Å²) >= 11 is 0. The highest BCUT2D eigenvalue weighted by Gasteiger charge is 2.62. The molecule has 0 bridgehead atoms. The van der Waals surface area contributed by atoms with Gasteiger partial charge in [-0.25, -0.2) is 9.59 Å². The van der Waals surface area contributed by atoms with Crippen LogP contribution in [0.25, 0.3) is 0 Å². The van der Waals surface area contributed by atoms with Gasteiger partial charge in [-0.15, -0.1) is 0 Å². The van der Waals surface area contributed by atoms with E-state index >= 15 is 0 Å². The SMILES string of the molecule is CO[C@@H]1O[C@H]([C@@H]2C(=O)OC(=O)N2Cc2ccccc2)[C@H]2OC(C)(C)O[C@@H]12. The van der Waals surface area contributed by atoms with Gasteiger partial charge in [0.15, 0.2) is 18.1 Å². The molecule has 8 nitrogen and oxygen atoms in total. The Hall–Kier alpha value is -2.00. The van der Waals surface area contributed by atoms with E-state index in [0.29, 0.717) is 0 Å². The van der Waals surface area contributed by atoms with Gasteiger partial charge in [-0.3, -0.25) is 4.90 Å². The summed E-state index contributed by atoms with van der Waals surface area (Å²) in [5.41, 5.74) is 0.880. The number of carbonyl (C=O) groups excluding carboxylic acids is 2. The molecule has 5 atom stereocenters. The summed E-state index contributed by atoms with van der Waals surface area (Å²) in [7, 11) is 1.50. The third kappa shape index (κ3) is 2.88. The van der Waals surface area contributed by atoms with Gasteiger partial charge in [0, 0.05) is 7.11 Å². The number of hydrogen-bond donors (Lipinski definition) is 0. The Balaban J connectivity index is 1.61. The monoisotopic (exact) mass is 363 g/mol. The van der Waals surface area contributed by atoms with Crippen molar-refractivity contribution < 1.29 is 33.3 Å². The number of ether oxygens (including phenoxy) is 5. The van der Waals surface area contributed by atoms with Crippen LogP contribution >= 0.6 is 0 Å². The molecule has 0 radical (unpaired) electrons. The second kappa shape index (κ2) is 6.31. The van der Waals surface area contributed by atoms with Gasteiger partial charge in [0.25, 0.3) is 0 Å². The van der Waals surface area contributed by atoms with Crippen LogP contribution in [0.2, 0.25) is 0 Å². The highest BCUT2D eigenvalue weighted by Crippen LogP contribution is 2.42. The van der Waals surface area contributed by atoms with Crippen molar-refractivity contribution in [2.75, 3.05) is 7.11 Å². The first-order valence-corrected chi connectivity index (χ1v) is 8.50. The summed E-state index contributed by atoms with van der Waals surface area (Å²) in [5, 5.41) is 0. The van der Waals surface area contributed by atoms with Crippen LogP contribution < -0.4 is 0 Å². The number of benzene rings is 1. The van der Waals surface area contributed by atoms with Gasteiger partial charge in [-0.2, -0.15) is 0 Å². The minimum absolute atomic E-state index is 0.231. The standard InChI is InChI=1S/C18H21NO7/c1-18(2)25-13-12(23-16(22-3)14(13)26-18)11-15(20)24-17(21)19(11)9-10-7-5-4-6-8-10/h4-8,11-14,16H,9H2,1-3H3/t11-,12-,13-,14-,16-/m1/s1. The van der Waals surface area contributed by atoms with E-state index < -0.39 is 48.5 Å². The first-order valence-electron chi connectivity index (χ1n) is 8.50. The molecule has 0 saturated carbocycles. The molecule has 3 saturated heterocycles. The maximum atomic E-state index is 12.4. The van der Waals surface area contributed by atoms with E-state index in [9.17, 15) is 9.59 Å². The topological polar surface area (TPSA) is 83.5 Å². The fourth-order valence-electron chi connectivity index (χ4n) is 3.74. The second-order valence-corrected chi connectivity index (χ2v) is 7.01. The van der Waals surface area contributed by atoms with E-state index in [0.717, 1.165) is 5.56 Å². The molecule has 140 valence electrons. The minimum atomic E-state index is -0.923. The molecule has 4 rings (SSSR count). The van der Waals surface area contributed by atoms with Crippen molar-refractivity contribution >= 4 is 12.1 Å². The second-order valence-electron chi connectivity index (χ2n) is 7.01. The predicted molar refractivity (Wildman–Crippen MR) is 86.8 cm³/mol. The molecular weight excluding hydrogens is 342 g/mol. The third-order valence-electron chi connectivity index (χ3n) is 4.79.